The van der Waals surface area contributed by atoms with E-state index in [1.807, 2.05) is 17.9 Å². The first kappa shape index (κ1) is 12.4. The van der Waals surface area contributed by atoms with Gasteiger partial charge < -0.3 is 9.84 Å². The molecule has 2 saturated heterocycles. The minimum absolute atomic E-state index is 0.0279. The van der Waals surface area contributed by atoms with E-state index < -0.39 is 0 Å². The summed E-state index contributed by atoms with van der Waals surface area (Å²) < 4.78 is 8.11. The first-order valence-electron chi connectivity index (χ1n) is 7.34. The Morgan fingerprint density at radius 3 is 2.75 bits per heavy atom. The molecule has 2 aromatic rings. The number of fused-ring (bicyclic) bond motifs is 4. The maximum absolute atomic E-state index is 9.57. The number of benzene rings is 1. The quantitative estimate of drug-likeness (QED) is 0.913. The number of ether oxygens (including phenoxy) is 1. The van der Waals surface area contributed by atoms with Crippen molar-refractivity contribution in [3.8, 4) is 0 Å². The summed E-state index contributed by atoms with van der Waals surface area (Å²) in [6.07, 6.45) is 6.07. The number of nitrogens with zero attached hydrogens (tertiary/aromatic N) is 2. The Balaban J connectivity index is 1.73. The normalized spacial score (nSPS) is 32.9. The smallest absolute Gasteiger partial charge is 0.0932 e. The van der Waals surface area contributed by atoms with Gasteiger partial charge in [0.25, 0.3) is 0 Å². The molecule has 3 aliphatic rings. The largest absolute Gasteiger partial charge is 0.396 e. The molecular weight excluding hydrogens is 252 g/mol. The van der Waals surface area contributed by atoms with Gasteiger partial charge in [0.05, 0.1) is 30.5 Å². The van der Waals surface area contributed by atoms with Gasteiger partial charge in [0.15, 0.2) is 0 Å². The van der Waals surface area contributed by atoms with Crippen molar-refractivity contribution in [2.24, 2.45) is 12.5 Å². The molecule has 0 amide bonds. The van der Waals surface area contributed by atoms with Crippen LogP contribution in [0.2, 0.25) is 0 Å². The van der Waals surface area contributed by atoms with E-state index in [1.54, 1.807) is 0 Å². The topological polar surface area (TPSA) is 47.3 Å². The van der Waals surface area contributed by atoms with Crippen LogP contribution in [0, 0.1) is 5.41 Å². The van der Waals surface area contributed by atoms with Crippen molar-refractivity contribution in [3.63, 3.8) is 0 Å². The molecule has 1 saturated carbocycles. The van der Waals surface area contributed by atoms with Crippen molar-refractivity contribution in [1.82, 2.24) is 9.78 Å². The third kappa shape index (κ3) is 1.58. The Morgan fingerprint density at radius 1 is 1.30 bits per heavy atom. The highest BCUT2D eigenvalue weighted by molar-refractivity contribution is 5.79. The van der Waals surface area contributed by atoms with Crippen LogP contribution in [0.1, 0.15) is 31.2 Å². The van der Waals surface area contributed by atoms with Gasteiger partial charge in [-0.05, 0) is 43.4 Å². The summed E-state index contributed by atoms with van der Waals surface area (Å²) in [6.45, 7) is 0.944. The monoisotopic (exact) mass is 272 g/mol. The SMILES string of the molecule is Cn1ncc2cc(C34CCC(CO)(CC3)CO4)ccc21. The zero-order valence-corrected chi connectivity index (χ0v) is 11.8. The summed E-state index contributed by atoms with van der Waals surface area (Å²) in [5.74, 6) is 0. The van der Waals surface area contributed by atoms with Crippen LogP contribution in [0.5, 0.6) is 0 Å². The highest BCUT2D eigenvalue weighted by Gasteiger charge is 2.50. The van der Waals surface area contributed by atoms with Crippen molar-refractivity contribution in [3.05, 3.63) is 30.0 Å². The van der Waals surface area contributed by atoms with E-state index >= 15 is 0 Å². The second-order valence-corrected chi connectivity index (χ2v) is 6.48. The fourth-order valence-electron chi connectivity index (χ4n) is 3.79. The molecule has 0 unspecified atom stereocenters. The third-order valence-corrected chi connectivity index (χ3v) is 5.38. The predicted octanol–water partition coefficient (Wildman–Crippen LogP) is 2.35. The van der Waals surface area contributed by atoms with Crippen LogP contribution in [-0.4, -0.2) is 28.1 Å². The first-order valence-corrected chi connectivity index (χ1v) is 7.34. The molecule has 1 N–H and O–H groups in total. The molecule has 3 fully saturated rings. The summed E-state index contributed by atoms with van der Waals surface area (Å²) in [6, 6.07) is 6.54. The molecule has 20 heavy (non-hydrogen) atoms. The highest BCUT2D eigenvalue weighted by atomic mass is 16.5. The molecule has 2 aliphatic heterocycles. The lowest BCUT2D eigenvalue weighted by Gasteiger charge is -2.52. The molecule has 106 valence electrons. The van der Waals surface area contributed by atoms with Crippen molar-refractivity contribution in [2.45, 2.75) is 31.3 Å². The fourth-order valence-corrected chi connectivity index (χ4v) is 3.79. The molecule has 3 heterocycles. The molecule has 5 rings (SSSR count). The third-order valence-electron chi connectivity index (χ3n) is 5.38. The lowest BCUT2D eigenvalue weighted by molar-refractivity contribution is -0.199. The van der Waals surface area contributed by atoms with E-state index in [2.05, 4.69) is 23.3 Å². The second-order valence-electron chi connectivity index (χ2n) is 6.48. The number of aromatic nitrogens is 2. The van der Waals surface area contributed by atoms with Gasteiger partial charge >= 0.3 is 0 Å². The van der Waals surface area contributed by atoms with Crippen LogP contribution < -0.4 is 0 Å². The van der Waals surface area contributed by atoms with Gasteiger partial charge in [0, 0.05) is 17.8 Å². The van der Waals surface area contributed by atoms with Gasteiger partial charge in [-0.1, -0.05) is 6.07 Å². The zero-order valence-electron chi connectivity index (χ0n) is 11.8. The van der Waals surface area contributed by atoms with Crippen LogP contribution in [0.25, 0.3) is 10.9 Å². The van der Waals surface area contributed by atoms with Crippen LogP contribution in [0.4, 0.5) is 0 Å². The van der Waals surface area contributed by atoms with Crippen molar-refractivity contribution < 1.29 is 9.84 Å². The van der Waals surface area contributed by atoms with Gasteiger partial charge in [-0.25, -0.2) is 0 Å². The maximum atomic E-state index is 9.57. The Bertz CT molecular complexity index is 637. The average Bonchev–Trinajstić information content (AvgIpc) is 2.90. The van der Waals surface area contributed by atoms with Crippen molar-refractivity contribution >= 4 is 10.9 Å². The Hall–Kier alpha value is -1.39. The van der Waals surface area contributed by atoms with E-state index in [4.69, 9.17) is 4.74 Å². The van der Waals surface area contributed by atoms with Crippen LogP contribution in [0.15, 0.2) is 24.4 Å². The second kappa shape index (κ2) is 4.06. The Labute approximate surface area is 118 Å². The maximum Gasteiger partial charge on any atom is 0.0932 e. The predicted molar refractivity (Wildman–Crippen MR) is 76.3 cm³/mol. The molecule has 1 aromatic heterocycles. The lowest BCUT2D eigenvalue weighted by Crippen LogP contribution is -2.50. The fraction of sp³-hybridized carbons (Fsp3) is 0.562. The van der Waals surface area contributed by atoms with Gasteiger partial charge in [-0.3, -0.25) is 4.68 Å². The number of rotatable bonds is 2. The van der Waals surface area contributed by atoms with Crippen molar-refractivity contribution in [2.75, 3.05) is 13.2 Å². The molecule has 0 atom stereocenters. The Morgan fingerprint density at radius 2 is 2.10 bits per heavy atom. The minimum Gasteiger partial charge on any atom is -0.396 e. The summed E-state index contributed by atoms with van der Waals surface area (Å²) in [5, 5.41) is 15.1. The van der Waals surface area contributed by atoms with E-state index in [0.29, 0.717) is 6.61 Å². The molecule has 4 heteroatoms. The molecule has 0 radical (unpaired) electrons. The summed E-state index contributed by atoms with van der Waals surface area (Å²) in [4.78, 5) is 0. The van der Waals surface area contributed by atoms with Crippen molar-refractivity contribution in [1.29, 1.82) is 0 Å². The molecule has 1 aromatic carbocycles. The number of aliphatic hydroxyl groups excluding tert-OH is 1. The van der Waals surface area contributed by atoms with Gasteiger partial charge in [-0.2, -0.15) is 5.10 Å². The molecular formula is C16H20N2O2. The molecule has 1 aliphatic carbocycles. The van der Waals surface area contributed by atoms with Crippen LogP contribution >= 0.6 is 0 Å². The van der Waals surface area contributed by atoms with Gasteiger partial charge in [0.1, 0.15) is 0 Å². The van der Waals surface area contributed by atoms with Crippen LogP contribution in [-0.2, 0) is 17.4 Å². The highest BCUT2D eigenvalue weighted by Crippen LogP contribution is 2.53. The number of aliphatic hydroxyl groups is 1. The average molecular weight is 272 g/mol. The molecule has 2 bridgehead atoms. The standard InChI is InChI=1S/C16H20N2O2/c1-18-14-3-2-13(8-12(14)9-17-18)16-6-4-15(10-19,5-7-16)11-20-16/h2-3,8-9,19H,4-7,10-11H2,1H3. The summed E-state index contributed by atoms with van der Waals surface area (Å²) >= 11 is 0. The van der Waals surface area contributed by atoms with E-state index in [-0.39, 0.29) is 17.6 Å². The summed E-state index contributed by atoms with van der Waals surface area (Å²) in [7, 11) is 1.97. The Kier molecular flexibility index (Phi) is 2.51. The van der Waals surface area contributed by atoms with E-state index in [9.17, 15) is 5.11 Å². The molecule has 4 nitrogen and oxygen atoms in total. The number of hydrogen-bond acceptors (Lipinski definition) is 3. The van der Waals surface area contributed by atoms with Crippen LogP contribution in [0.3, 0.4) is 0 Å². The lowest BCUT2D eigenvalue weighted by atomic mass is 9.64. The summed E-state index contributed by atoms with van der Waals surface area (Å²) in [5.41, 5.74) is 2.31. The van der Waals surface area contributed by atoms with E-state index in [0.717, 1.165) is 31.2 Å². The molecule has 0 spiro atoms. The minimum atomic E-state index is -0.138. The van der Waals surface area contributed by atoms with Gasteiger partial charge in [-0.15, -0.1) is 0 Å². The zero-order chi connectivity index (χ0) is 13.8. The number of hydrogen-bond donors (Lipinski definition) is 1. The number of aryl methyl sites for hydroxylation is 1. The first-order chi connectivity index (χ1) is 9.66. The van der Waals surface area contributed by atoms with Gasteiger partial charge in [0.2, 0.25) is 0 Å². The van der Waals surface area contributed by atoms with E-state index in [1.165, 1.54) is 10.9 Å².